The summed E-state index contributed by atoms with van der Waals surface area (Å²) in [6.07, 6.45) is 4.19. The van der Waals surface area contributed by atoms with Crippen molar-refractivity contribution in [3.05, 3.63) is 64.1 Å². The highest BCUT2D eigenvalue weighted by atomic mass is 16.5. The van der Waals surface area contributed by atoms with E-state index in [0.717, 1.165) is 16.8 Å². The molecule has 3 aromatic rings. The molecule has 4 N–H and O–H groups in total. The number of hydrogen-bond acceptors (Lipinski definition) is 6. The fraction of sp³-hybridized carbons (Fsp3) is 0.370. The van der Waals surface area contributed by atoms with Crippen LogP contribution in [0, 0.1) is 6.92 Å². The first kappa shape index (κ1) is 28.5. The number of carbonyl (C=O) groups is 1. The summed E-state index contributed by atoms with van der Waals surface area (Å²) in [5.74, 6) is 0.198. The SMILES string of the molecule is C=Cc1[nH]c(=O)c2c(N)n(-c3ccccc3C)nc2c1/C(=C\COC)CCC(=O)NCC.CN(C)C. The molecule has 1 aromatic carbocycles. The smallest absolute Gasteiger partial charge is 0.261 e. The number of para-hydroxylation sites is 1. The Morgan fingerprint density at radius 3 is 2.53 bits per heavy atom. The van der Waals surface area contributed by atoms with Crippen molar-refractivity contribution in [1.82, 2.24) is 25.0 Å². The summed E-state index contributed by atoms with van der Waals surface area (Å²) in [5.41, 5.74) is 10.3. The minimum absolute atomic E-state index is 0.0541. The van der Waals surface area contributed by atoms with Gasteiger partial charge in [0, 0.05) is 25.6 Å². The zero-order valence-electron chi connectivity index (χ0n) is 22.1. The van der Waals surface area contributed by atoms with Crippen LogP contribution in [-0.4, -0.2) is 67.0 Å². The highest BCUT2D eigenvalue weighted by molar-refractivity contribution is 5.99. The number of benzene rings is 1. The van der Waals surface area contributed by atoms with Crippen LogP contribution in [0.2, 0.25) is 0 Å². The lowest BCUT2D eigenvalue weighted by Crippen LogP contribution is -2.22. The topological polar surface area (TPSA) is 118 Å². The van der Waals surface area contributed by atoms with Crippen LogP contribution >= 0.6 is 0 Å². The van der Waals surface area contributed by atoms with Crippen molar-refractivity contribution in [3.63, 3.8) is 0 Å². The third-order valence-corrected chi connectivity index (χ3v) is 5.26. The predicted molar refractivity (Wildman–Crippen MR) is 148 cm³/mol. The standard InChI is InChI=1S/C24H29N5O3.C3H9N/c1-5-17-20(16(13-14-32-4)11-12-19(30)26-6-2)22-21(24(31)27-17)23(25)29(28-22)18-10-8-7-9-15(18)3;1-4(2)3/h5,7-10,13H,1,6,11-12,14,25H2,2-4H3,(H,26,30)(H,27,31);1-3H3/b16-13-;. The number of nitrogens with zero attached hydrogens (tertiary/aromatic N) is 3. The molecule has 0 unspecified atom stereocenters. The molecule has 0 radical (unpaired) electrons. The number of aryl methyl sites for hydroxylation is 1. The second-order valence-corrected chi connectivity index (χ2v) is 8.73. The van der Waals surface area contributed by atoms with Crippen LogP contribution < -0.4 is 16.6 Å². The van der Waals surface area contributed by atoms with Crippen molar-refractivity contribution >= 4 is 34.3 Å². The highest BCUT2D eigenvalue weighted by Gasteiger charge is 2.22. The lowest BCUT2D eigenvalue weighted by Gasteiger charge is -2.12. The van der Waals surface area contributed by atoms with Crippen molar-refractivity contribution in [2.24, 2.45) is 0 Å². The van der Waals surface area contributed by atoms with Gasteiger partial charge in [-0.1, -0.05) is 30.9 Å². The van der Waals surface area contributed by atoms with Gasteiger partial charge in [0.05, 0.1) is 18.0 Å². The molecule has 194 valence electrons. The van der Waals surface area contributed by atoms with E-state index in [9.17, 15) is 9.59 Å². The molecule has 2 aromatic heterocycles. The van der Waals surface area contributed by atoms with E-state index in [1.807, 2.05) is 70.2 Å². The average Bonchev–Trinajstić information content (AvgIpc) is 3.17. The molecule has 3 rings (SSSR count). The molecule has 0 aliphatic heterocycles. The van der Waals surface area contributed by atoms with Crippen LogP contribution in [0.4, 0.5) is 5.82 Å². The van der Waals surface area contributed by atoms with Crippen molar-refractivity contribution in [2.45, 2.75) is 26.7 Å². The molecule has 0 fully saturated rings. The fourth-order valence-electron chi connectivity index (χ4n) is 3.71. The molecular formula is C27H38N6O3. The summed E-state index contributed by atoms with van der Waals surface area (Å²) in [5, 5.41) is 7.86. The Morgan fingerprint density at radius 1 is 1.28 bits per heavy atom. The second kappa shape index (κ2) is 13.4. The summed E-state index contributed by atoms with van der Waals surface area (Å²) < 4.78 is 6.83. The quantitative estimate of drug-likeness (QED) is 0.420. The largest absolute Gasteiger partial charge is 0.383 e. The maximum Gasteiger partial charge on any atom is 0.261 e. The molecule has 9 nitrogen and oxygen atoms in total. The van der Waals surface area contributed by atoms with Gasteiger partial charge in [-0.2, -0.15) is 5.10 Å². The minimum Gasteiger partial charge on any atom is -0.383 e. The van der Waals surface area contributed by atoms with Crippen molar-refractivity contribution in [2.75, 3.05) is 47.1 Å². The van der Waals surface area contributed by atoms with Gasteiger partial charge in [-0.05, 0) is 64.7 Å². The van der Waals surface area contributed by atoms with Gasteiger partial charge in [0.2, 0.25) is 5.91 Å². The number of aromatic nitrogens is 3. The first-order chi connectivity index (χ1) is 17.2. The molecule has 9 heteroatoms. The summed E-state index contributed by atoms with van der Waals surface area (Å²) >= 11 is 0. The van der Waals surface area contributed by atoms with Gasteiger partial charge in [0.25, 0.3) is 5.56 Å². The van der Waals surface area contributed by atoms with Gasteiger partial charge in [-0.3, -0.25) is 9.59 Å². The Balaban J connectivity index is 0.00000106. The Labute approximate surface area is 212 Å². The number of pyridine rings is 1. The normalized spacial score (nSPS) is 11.4. The summed E-state index contributed by atoms with van der Waals surface area (Å²) in [7, 11) is 7.60. The molecule has 0 saturated heterocycles. The maximum absolute atomic E-state index is 12.9. The van der Waals surface area contributed by atoms with Crippen LogP contribution in [0.15, 0.2) is 41.7 Å². The fourth-order valence-corrected chi connectivity index (χ4v) is 3.71. The van der Waals surface area contributed by atoms with Crippen LogP contribution in [0.5, 0.6) is 0 Å². The van der Waals surface area contributed by atoms with E-state index < -0.39 is 0 Å². The number of nitrogen functional groups attached to an aromatic ring is 1. The second-order valence-electron chi connectivity index (χ2n) is 8.73. The number of allylic oxidation sites excluding steroid dienone is 1. The molecule has 0 bridgehead atoms. The van der Waals surface area contributed by atoms with Gasteiger partial charge >= 0.3 is 0 Å². The monoisotopic (exact) mass is 494 g/mol. The molecule has 36 heavy (non-hydrogen) atoms. The van der Waals surface area contributed by atoms with E-state index in [1.54, 1.807) is 17.9 Å². The number of ether oxygens (including phenoxy) is 1. The average molecular weight is 495 g/mol. The van der Waals surface area contributed by atoms with Crippen LogP contribution in [0.3, 0.4) is 0 Å². The van der Waals surface area contributed by atoms with E-state index in [4.69, 9.17) is 15.6 Å². The number of methoxy groups -OCH3 is 1. The van der Waals surface area contributed by atoms with E-state index >= 15 is 0 Å². The Kier molecular flexibility index (Phi) is 10.6. The molecule has 0 atom stereocenters. The number of H-pyrrole nitrogens is 1. The minimum atomic E-state index is -0.342. The number of hydrogen-bond donors (Lipinski definition) is 3. The molecule has 2 heterocycles. The lowest BCUT2D eigenvalue weighted by molar-refractivity contribution is -0.120. The molecule has 0 aliphatic rings. The van der Waals surface area contributed by atoms with E-state index in [2.05, 4.69) is 16.9 Å². The van der Waals surface area contributed by atoms with Crippen LogP contribution in [0.25, 0.3) is 28.2 Å². The maximum atomic E-state index is 12.9. The summed E-state index contributed by atoms with van der Waals surface area (Å²) in [4.78, 5) is 29.9. The predicted octanol–water partition coefficient (Wildman–Crippen LogP) is 3.37. The van der Waals surface area contributed by atoms with Gasteiger partial charge < -0.3 is 25.7 Å². The summed E-state index contributed by atoms with van der Waals surface area (Å²) in [6.45, 7) is 8.59. The molecule has 1 amide bonds. The Hall–Kier alpha value is -3.69. The number of amides is 1. The number of rotatable bonds is 9. The third kappa shape index (κ3) is 6.93. The van der Waals surface area contributed by atoms with Crippen LogP contribution in [-0.2, 0) is 9.53 Å². The van der Waals surface area contributed by atoms with Crippen molar-refractivity contribution in [1.29, 1.82) is 0 Å². The first-order valence-corrected chi connectivity index (χ1v) is 11.8. The van der Waals surface area contributed by atoms with Crippen molar-refractivity contribution in [3.8, 4) is 5.69 Å². The van der Waals surface area contributed by atoms with Gasteiger partial charge in [0.15, 0.2) is 0 Å². The molecule has 0 aliphatic carbocycles. The van der Waals surface area contributed by atoms with Gasteiger partial charge in [-0.25, -0.2) is 4.68 Å². The van der Waals surface area contributed by atoms with Gasteiger partial charge in [-0.15, -0.1) is 0 Å². The Morgan fingerprint density at radius 2 is 1.94 bits per heavy atom. The first-order valence-electron chi connectivity index (χ1n) is 11.8. The summed E-state index contributed by atoms with van der Waals surface area (Å²) in [6, 6.07) is 7.68. The lowest BCUT2D eigenvalue weighted by atomic mass is 9.96. The molecule has 0 spiro atoms. The number of carbonyl (C=O) groups excluding carboxylic acids is 1. The zero-order valence-corrected chi connectivity index (χ0v) is 22.1. The number of fused-ring (bicyclic) bond motifs is 1. The van der Waals surface area contributed by atoms with Gasteiger partial charge in [0.1, 0.15) is 16.7 Å². The van der Waals surface area contributed by atoms with E-state index in [0.29, 0.717) is 41.7 Å². The highest BCUT2D eigenvalue weighted by Crippen LogP contribution is 2.32. The number of nitrogens with one attached hydrogen (secondary N) is 2. The zero-order chi connectivity index (χ0) is 26.8. The number of aromatic amines is 1. The van der Waals surface area contributed by atoms with E-state index in [-0.39, 0.29) is 23.7 Å². The third-order valence-electron chi connectivity index (χ3n) is 5.26. The number of anilines is 1. The Bertz CT molecular complexity index is 1280. The van der Waals surface area contributed by atoms with Crippen molar-refractivity contribution < 1.29 is 9.53 Å². The molecular weight excluding hydrogens is 456 g/mol. The molecule has 0 saturated carbocycles. The van der Waals surface area contributed by atoms with E-state index in [1.165, 1.54) is 0 Å². The number of nitrogens with two attached hydrogens (primary N) is 1. The van der Waals surface area contributed by atoms with Crippen LogP contribution in [0.1, 0.15) is 36.6 Å².